The maximum atomic E-state index is 7.37. The molecule has 4 aliphatic carbocycles. The molecule has 0 radical (unpaired) electrons. The molecule has 48 heavy (non-hydrogen) atoms. The van der Waals surface area contributed by atoms with Crippen molar-refractivity contribution < 1.29 is 0 Å². The predicted octanol–water partition coefficient (Wildman–Crippen LogP) is 11.2. The Morgan fingerprint density at radius 1 is 0.458 bits per heavy atom. The van der Waals surface area contributed by atoms with E-state index in [1.807, 2.05) is 30.3 Å². The van der Waals surface area contributed by atoms with Crippen LogP contribution in [0.1, 0.15) is 44.1 Å². The normalized spacial score (nSPS) is 22.4. The molecule has 5 aromatic carbocycles. The Morgan fingerprint density at radius 2 is 0.896 bits per heavy atom. The van der Waals surface area contributed by atoms with Gasteiger partial charge in [-0.05, 0) is 95.6 Å². The summed E-state index contributed by atoms with van der Waals surface area (Å²) >= 11 is 0. The van der Waals surface area contributed by atoms with Crippen molar-refractivity contribution in [1.82, 2.24) is 15.0 Å². The lowest BCUT2D eigenvalue weighted by molar-refractivity contribution is -0.00518. The Hall–Kier alpha value is -5.40. The summed E-state index contributed by atoms with van der Waals surface area (Å²) in [5.74, 6) is 4.65. The summed E-state index contributed by atoms with van der Waals surface area (Å²) in [6.45, 7) is 7.37. The van der Waals surface area contributed by atoms with Crippen LogP contribution < -0.4 is 0 Å². The monoisotopic (exact) mass is 620 g/mol. The molecule has 4 fully saturated rings. The van der Waals surface area contributed by atoms with Crippen LogP contribution in [0, 0.1) is 24.3 Å². The Balaban J connectivity index is 1.07. The Labute approximate surface area is 282 Å². The van der Waals surface area contributed by atoms with E-state index in [2.05, 4.69) is 102 Å². The second kappa shape index (κ2) is 11.7. The van der Waals surface area contributed by atoms with Gasteiger partial charge in [0.2, 0.25) is 0 Å². The molecule has 0 spiro atoms. The van der Waals surface area contributed by atoms with Crippen molar-refractivity contribution in [3.8, 4) is 56.4 Å². The molecule has 4 bridgehead atoms. The first-order valence-corrected chi connectivity index (χ1v) is 17.2. The van der Waals surface area contributed by atoms with Crippen molar-refractivity contribution in [2.24, 2.45) is 17.8 Å². The molecule has 10 rings (SSSR count). The zero-order valence-electron chi connectivity index (χ0n) is 26.9. The van der Waals surface area contributed by atoms with Crippen LogP contribution in [-0.2, 0) is 5.41 Å². The van der Waals surface area contributed by atoms with Gasteiger partial charge in [0.05, 0.1) is 6.57 Å². The van der Waals surface area contributed by atoms with E-state index in [1.54, 1.807) is 5.56 Å². The number of rotatable bonds is 6. The van der Waals surface area contributed by atoms with Crippen LogP contribution in [0.4, 0.5) is 5.69 Å². The summed E-state index contributed by atoms with van der Waals surface area (Å²) in [4.78, 5) is 18.5. The van der Waals surface area contributed by atoms with Crippen molar-refractivity contribution >= 4 is 5.69 Å². The molecule has 232 valence electrons. The van der Waals surface area contributed by atoms with Crippen molar-refractivity contribution in [1.29, 1.82) is 0 Å². The van der Waals surface area contributed by atoms with Crippen LogP contribution in [0.3, 0.4) is 0 Å². The van der Waals surface area contributed by atoms with Gasteiger partial charge < -0.3 is 0 Å². The second-order valence-electron chi connectivity index (χ2n) is 14.3. The molecule has 1 heterocycles. The highest BCUT2D eigenvalue weighted by Gasteiger charge is 2.51. The second-order valence-corrected chi connectivity index (χ2v) is 14.3. The highest BCUT2D eigenvalue weighted by Crippen LogP contribution is 2.60. The first-order valence-electron chi connectivity index (χ1n) is 17.2. The van der Waals surface area contributed by atoms with E-state index in [1.165, 1.54) is 49.7 Å². The number of benzene rings is 5. The van der Waals surface area contributed by atoms with Gasteiger partial charge in [-0.2, -0.15) is 0 Å². The summed E-state index contributed by atoms with van der Waals surface area (Å²) in [5.41, 5.74) is 9.95. The Bertz CT molecular complexity index is 2110. The smallest absolute Gasteiger partial charge is 0.187 e. The molecule has 6 aromatic rings. The van der Waals surface area contributed by atoms with Gasteiger partial charge in [-0.3, -0.25) is 0 Å². The first kappa shape index (κ1) is 28.8. The van der Waals surface area contributed by atoms with Crippen molar-refractivity contribution in [3.63, 3.8) is 0 Å². The van der Waals surface area contributed by atoms with Crippen LogP contribution >= 0.6 is 0 Å². The van der Waals surface area contributed by atoms with E-state index in [4.69, 9.17) is 21.5 Å². The Kier molecular flexibility index (Phi) is 7.01. The molecule has 0 atom stereocenters. The molecular weight excluding hydrogens is 585 g/mol. The zero-order chi connectivity index (χ0) is 32.1. The van der Waals surface area contributed by atoms with Gasteiger partial charge >= 0.3 is 0 Å². The molecule has 0 saturated heterocycles. The topological polar surface area (TPSA) is 43.0 Å². The van der Waals surface area contributed by atoms with E-state index >= 15 is 0 Å². The van der Waals surface area contributed by atoms with Gasteiger partial charge in [-0.1, -0.05) is 121 Å². The van der Waals surface area contributed by atoms with E-state index in [0.29, 0.717) is 28.6 Å². The summed E-state index contributed by atoms with van der Waals surface area (Å²) in [6, 6.07) is 44.3. The van der Waals surface area contributed by atoms with E-state index in [9.17, 15) is 0 Å². The molecule has 0 aliphatic heterocycles. The van der Waals surface area contributed by atoms with E-state index in [0.717, 1.165) is 45.6 Å². The van der Waals surface area contributed by atoms with E-state index < -0.39 is 0 Å². The standard InChI is InChI=1S/C44H36N4/c1-45-40-20-16-36(17-21-40)42-46-41(35-12-10-33(11-13-35)32-6-3-2-4-7-32)47-43(48-42)38-9-5-8-37(25-38)34-14-18-39(19-15-34)44-26-29-22-30(27-44)24-31(23-29)28-44/h2-21,25,29-31H,22-24,26-28H2. The maximum absolute atomic E-state index is 7.37. The minimum Gasteiger partial charge on any atom is -0.238 e. The van der Waals surface area contributed by atoms with Crippen LogP contribution in [0.5, 0.6) is 0 Å². The number of hydrogen-bond donors (Lipinski definition) is 0. The average Bonchev–Trinajstić information content (AvgIpc) is 3.15. The SMILES string of the molecule is [C-]#[N+]c1ccc(-c2nc(-c3ccc(-c4ccccc4)cc3)nc(-c3cccc(-c4ccc(C56CC7CC(CC(C7)C5)C6)cc4)c3)n2)cc1. The largest absolute Gasteiger partial charge is 0.238 e. The van der Waals surface area contributed by atoms with Gasteiger partial charge in [-0.25, -0.2) is 19.8 Å². The van der Waals surface area contributed by atoms with Gasteiger partial charge in [0.15, 0.2) is 23.2 Å². The van der Waals surface area contributed by atoms with Crippen LogP contribution in [0.2, 0.25) is 0 Å². The molecule has 0 unspecified atom stereocenters. The van der Waals surface area contributed by atoms with Crippen LogP contribution in [0.15, 0.2) is 127 Å². The van der Waals surface area contributed by atoms with E-state index in [-0.39, 0.29) is 0 Å². The maximum Gasteiger partial charge on any atom is 0.187 e. The molecule has 4 saturated carbocycles. The highest BCUT2D eigenvalue weighted by molar-refractivity contribution is 5.74. The van der Waals surface area contributed by atoms with Gasteiger partial charge in [0.25, 0.3) is 0 Å². The van der Waals surface area contributed by atoms with Gasteiger partial charge in [-0.15, -0.1) is 0 Å². The minimum absolute atomic E-state index is 0.402. The van der Waals surface area contributed by atoms with Crippen LogP contribution in [-0.4, -0.2) is 15.0 Å². The fraction of sp³-hybridized carbons (Fsp3) is 0.227. The van der Waals surface area contributed by atoms with Gasteiger partial charge in [0.1, 0.15) is 0 Å². The third-order valence-corrected chi connectivity index (χ3v) is 11.1. The van der Waals surface area contributed by atoms with Crippen molar-refractivity contribution in [3.05, 3.63) is 144 Å². The third kappa shape index (κ3) is 5.30. The average molecular weight is 621 g/mol. The minimum atomic E-state index is 0.402. The van der Waals surface area contributed by atoms with Crippen LogP contribution in [0.25, 0.3) is 61.3 Å². The fourth-order valence-electron chi connectivity index (χ4n) is 9.21. The lowest BCUT2D eigenvalue weighted by Crippen LogP contribution is -2.48. The lowest BCUT2D eigenvalue weighted by atomic mass is 9.48. The van der Waals surface area contributed by atoms with Gasteiger partial charge in [0, 0.05) is 16.7 Å². The molecule has 1 aromatic heterocycles. The first-order chi connectivity index (χ1) is 23.6. The molecule has 4 nitrogen and oxygen atoms in total. The number of aromatic nitrogens is 3. The quantitative estimate of drug-likeness (QED) is 0.174. The number of nitrogens with zero attached hydrogens (tertiary/aromatic N) is 4. The number of hydrogen-bond acceptors (Lipinski definition) is 3. The summed E-state index contributed by atoms with van der Waals surface area (Å²) < 4.78 is 0. The Morgan fingerprint density at radius 3 is 1.48 bits per heavy atom. The highest BCUT2D eigenvalue weighted by atomic mass is 15.0. The third-order valence-electron chi connectivity index (χ3n) is 11.1. The van der Waals surface area contributed by atoms with Crippen molar-refractivity contribution in [2.75, 3.05) is 0 Å². The van der Waals surface area contributed by atoms with Crippen molar-refractivity contribution in [2.45, 2.75) is 43.9 Å². The summed E-state index contributed by atoms with van der Waals surface area (Å²) in [7, 11) is 0. The summed E-state index contributed by atoms with van der Waals surface area (Å²) in [5, 5.41) is 0. The molecular formula is C44H36N4. The lowest BCUT2D eigenvalue weighted by Gasteiger charge is -2.57. The molecule has 4 aliphatic rings. The predicted molar refractivity (Wildman–Crippen MR) is 193 cm³/mol. The fourth-order valence-corrected chi connectivity index (χ4v) is 9.21. The summed E-state index contributed by atoms with van der Waals surface area (Å²) in [6.07, 6.45) is 8.55. The zero-order valence-corrected chi connectivity index (χ0v) is 26.9. The molecule has 4 heteroatoms. The molecule has 0 amide bonds. The molecule has 0 N–H and O–H groups in total.